The number of nitrogens with zero attached hydrogens (tertiary/aromatic N) is 1. The van der Waals surface area contributed by atoms with Crippen molar-refractivity contribution in [1.82, 2.24) is 0 Å². The third kappa shape index (κ3) is 3.57. The molecule has 0 heterocycles. The highest BCUT2D eigenvalue weighted by Crippen LogP contribution is 2.34. The smallest absolute Gasteiger partial charge is 0.346 e. The van der Waals surface area contributed by atoms with Crippen molar-refractivity contribution in [1.29, 1.82) is 0 Å². The first-order chi connectivity index (χ1) is 11.3. The van der Waals surface area contributed by atoms with E-state index in [0.717, 1.165) is 17.7 Å². The van der Waals surface area contributed by atoms with Crippen molar-refractivity contribution in [3.63, 3.8) is 0 Å². The van der Waals surface area contributed by atoms with Crippen LogP contribution in [0.4, 0.5) is 5.69 Å². The highest BCUT2D eigenvalue weighted by atomic mass is 32.2. The van der Waals surface area contributed by atoms with Crippen LogP contribution in [0.25, 0.3) is 0 Å². The van der Waals surface area contributed by atoms with E-state index in [0.29, 0.717) is 0 Å². The van der Waals surface area contributed by atoms with E-state index in [1.165, 1.54) is 26.4 Å². The third-order valence-electron chi connectivity index (χ3n) is 3.15. The summed E-state index contributed by atoms with van der Waals surface area (Å²) < 4.78 is 39.9. The van der Waals surface area contributed by atoms with Gasteiger partial charge in [0.2, 0.25) is 0 Å². The first-order valence-electron chi connectivity index (χ1n) is 6.70. The van der Waals surface area contributed by atoms with Gasteiger partial charge in [0.1, 0.15) is 5.75 Å². The number of hydrogen-bond donors (Lipinski definition) is 0. The van der Waals surface area contributed by atoms with E-state index in [-0.39, 0.29) is 17.2 Å². The van der Waals surface area contributed by atoms with Crippen molar-refractivity contribution >= 4 is 15.8 Å². The van der Waals surface area contributed by atoms with E-state index in [1.807, 2.05) is 0 Å². The van der Waals surface area contributed by atoms with Crippen LogP contribution >= 0.6 is 0 Å². The van der Waals surface area contributed by atoms with Crippen LogP contribution in [0.2, 0.25) is 0 Å². The fraction of sp³-hybridized carbons (Fsp3) is 0.200. The molecule has 0 aliphatic heterocycles. The number of nitro groups is 1. The highest BCUT2D eigenvalue weighted by Gasteiger charge is 2.29. The van der Waals surface area contributed by atoms with Gasteiger partial charge >= 0.3 is 10.1 Å². The molecule has 2 aromatic carbocycles. The van der Waals surface area contributed by atoms with Crippen LogP contribution in [0.3, 0.4) is 0 Å². The van der Waals surface area contributed by atoms with Gasteiger partial charge in [0.25, 0.3) is 5.69 Å². The number of rotatable bonds is 6. The molecular formula is C15H15NO7S. The van der Waals surface area contributed by atoms with Crippen molar-refractivity contribution in [2.75, 3.05) is 14.2 Å². The largest absolute Gasteiger partial charge is 0.497 e. The van der Waals surface area contributed by atoms with Crippen LogP contribution in [-0.2, 0) is 10.1 Å². The van der Waals surface area contributed by atoms with Gasteiger partial charge in [-0.1, -0.05) is 6.07 Å². The maximum absolute atomic E-state index is 12.5. The van der Waals surface area contributed by atoms with E-state index < -0.39 is 25.6 Å². The fourth-order valence-electron chi connectivity index (χ4n) is 1.98. The zero-order chi connectivity index (χ0) is 17.9. The number of methoxy groups -OCH3 is 2. The van der Waals surface area contributed by atoms with Gasteiger partial charge in [0.15, 0.2) is 16.4 Å². The Morgan fingerprint density at radius 1 is 1.00 bits per heavy atom. The van der Waals surface area contributed by atoms with Gasteiger partial charge in [-0.05, 0) is 36.8 Å². The number of nitro benzene ring substituents is 1. The molecule has 0 fully saturated rings. The van der Waals surface area contributed by atoms with Crippen molar-refractivity contribution in [3.8, 4) is 17.2 Å². The number of hydrogen-bond acceptors (Lipinski definition) is 7. The minimum absolute atomic E-state index is 0.0618. The lowest BCUT2D eigenvalue weighted by Gasteiger charge is -2.12. The summed E-state index contributed by atoms with van der Waals surface area (Å²) in [5.74, 6) is 0.302. The molecule has 0 saturated carbocycles. The van der Waals surface area contributed by atoms with E-state index in [2.05, 4.69) is 0 Å². The van der Waals surface area contributed by atoms with E-state index >= 15 is 0 Å². The van der Waals surface area contributed by atoms with Crippen molar-refractivity contribution in [2.45, 2.75) is 11.8 Å². The summed E-state index contributed by atoms with van der Waals surface area (Å²) in [6.07, 6.45) is 0. The van der Waals surface area contributed by atoms with Crippen molar-refractivity contribution in [3.05, 3.63) is 52.1 Å². The Bertz CT molecular complexity index is 877. The summed E-state index contributed by atoms with van der Waals surface area (Å²) >= 11 is 0. The van der Waals surface area contributed by atoms with E-state index in [4.69, 9.17) is 13.7 Å². The normalized spacial score (nSPS) is 11.0. The predicted octanol–water partition coefficient (Wildman–Crippen LogP) is 2.69. The highest BCUT2D eigenvalue weighted by molar-refractivity contribution is 7.87. The molecule has 0 amide bonds. The van der Waals surface area contributed by atoms with Gasteiger partial charge in [-0.3, -0.25) is 10.1 Å². The van der Waals surface area contributed by atoms with Crippen molar-refractivity contribution < 1.29 is 27.0 Å². The van der Waals surface area contributed by atoms with Gasteiger partial charge in [-0.15, -0.1) is 0 Å². The molecule has 128 valence electrons. The molecule has 0 unspecified atom stereocenters. The summed E-state index contributed by atoms with van der Waals surface area (Å²) in [6, 6.07) is 8.02. The molecule has 8 nitrogen and oxygen atoms in total. The number of benzene rings is 2. The minimum atomic E-state index is -4.44. The zero-order valence-electron chi connectivity index (χ0n) is 13.2. The second-order valence-corrected chi connectivity index (χ2v) is 6.30. The van der Waals surface area contributed by atoms with Crippen molar-refractivity contribution in [2.24, 2.45) is 0 Å². The maximum Gasteiger partial charge on any atom is 0.346 e. The molecule has 0 aliphatic carbocycles. The average molecular weight is 353 g/mol. The molecule has 2 aromatic rings. The zero-order valence-corrected chi connectivity index (χ0v) is 14.0. The molecule has 9 heteroatoms. The van der Waals surface area contributed by atoms with Gasteiger partial charge in [-0.25, -0.2) is 0 Å². The Morgan fingerprint density at radius 2 is 1.71 bits per heavy atom. The van der Waals surface area contributed by atoms with Gasteiger partial charge in [0, 0.05) is 0 Å². The molecule has 0 spiro atoms. The quantitative estimate of drug-likeness (QED) is 0.446. The van der Waals surface area contributed by atoms with Gasteiger partial charge in [0.05, 0.1) is 25.2 Å². The second-order valence-electron chi connectivity index (χ2n) is 4.78. The summed E-state index contributed by atoms with van der Waals surface area (Å²) in [4.78, 5) is 9.77. The second kappa shape index (κ2) is 6.75. The Labute approximate surface area is 138 Å². The van der Waals surface area contributed by atoms with Crippen LogP contribution in [0.15, 0.2) is 41.3 Å². The molecular weight excluding hydrogens is 338 g/mol. The lowest BCUT2D eigenvalue weighted by atomic mass is 10.2. The molecule has 0 bridgehead atoms. The molecule has 0 aromatic heterocycles. The number of aryl methyl sites for hydroxylation is 1. The van der Waals surface area contributed by atoms with Gasteiger partial charge < -0.3 is 13.7 Å². The monoisotopic (exact) mass is 353 g/mol. The lowest BCUT2D eigenvalue weighted by molar-refractivity contribution is -0.388. The fourth-order valence-corrected chi connectivity index (χ4v) is 3.07. The van der Waals surface area contributed by atoms with Crippen LogP contribution < -0.4 is 13.7 Å². The Hall–Kier alpha value is -2.81. The number of ether oxygens (including phenoxy) is 2. The van der Waals surface area contributed by atoms with E-state index in [9.17, 15) is 18.5 Å². The Morgan fingerprint density at radius 3 is 2.29 bits per heavy atom. The molecule has 0 radical (unpaired) electrons. The lowest BCUT2D eigenvalue weighted by Crippen LogP contribution is -2.12. The summed E-state index contributed by atoms with van der Waals surface area (Å²) in [5, 5.41) is 11.2. The average Bonchev–Trinajstić information content (AvgIpc) is 2.55. The molecule has 24 heavy (non-hydrogen) atoms. The Kier molecular flexibility index (Phi) is 4.93. The maximum atomic E-state index is 12.5. The molecule has 0 N–H and O–H groups in total. The van der Waals surface area contributed by atoms with Crippen LogP contribution in [-0.4, -0.2) is 27.6 Å². The minimum Gasteiger partial charge on any atom is -0.497 e. The summed E-state index contributed by atoms with van der Waals surface area (Å²) in [6.45, 7) is 1.80. The molecule has 0 saturated heterocycles. The molecule has 0 aliphatic rings. The summed E-state index contributed by atoms with van der Waals surface area (Å²) in [5.41, 5.74) is 0.201. The van der Waals surface area contributed by atoms with Crippen LogP contribution in [0, 0.1) is 17.0 Å². The van der Waals surface area contributed by atoms with Crippen LogP contribution in [0.5, 0.6) is 17.2 Å². The molecule has 2 rings (SSSR count). The summed E-state index contributed by atoms with van der Waals surface area (Å²) in [7, 11) is -1.75. The first-order valence-corrected chi connectivity index (χ1v) is 8.11. The SMILES string of the molecule is COc1ccc(S(=O)(=O)Oc2ccc(C)cc2OC)c([N+](=O)[O-])c1. The predicted molar refractivity (Wildman–Crippen MR) is 85.2 cm³/mol. The topological polar surface area (TPSA) is 105 Å². The van der Waals surface area contributed by atoms with E-state index in [1.54, 1.807) is 19.1 Å². The standard InChI is InChI=1S/C15H15NO7S/c1-10-4-6-13(14(8-10)22-3)23-24(19,20)15-7-5-11(21-2)9-12(15)16(17)18/h4-9H,1-3H3. The first kappa shape index (κ1) is 17.5. The van der Waals surface area contributed by atoms with Gasteiger partial charge in [-0.2, -0.15) is 8.42 Å². The third-order valence-corrected chi connectivity index (χ3v) is 4.43. The van der Waals surface area contributed by atoms with Crippen LogP contribution in [0.1, 0.15) is 5.56 Å². The Balaban J connectivity index is 2.50. The molecule has 0 atom stereocenters.